The van der Waals surface area contributed by atoms with Gasteiger partial charge in [-0.25, -0.2) is 9.67 Å². The Labute approximate surface area is 245 Å². The second kappa shape index (κ2) is 11.2. The number of carbonyl (C=O) groups is 2. The fourth-order valence-electron chi connectivity index (χ4n) is 5.94. The molecular weight excluding hydrogens is 528 g/mol. The molecule has 2 heterocycles. The Kier molecular flexibility index (Phi) is 7.24. The third-order valence-corrected chi connectivity index (χ3v) is 7.78. The summed E-state index contributed by atoms with van der Waals surface area (Å²) in [5.41, 5.74) is 5.77. The van der Waals surface area contributed by atoms with Crippen LogP contribution in [0.25, 0.3) is 0 Å². The molecule has 9 heteroatoms. The van der Waals surface area contributed by atoms with Crippen LogP contribution >= 0.6 is 0 Å². The highest BCUT2D eigenvalue weighted by atomic mass is 16.5. The molecule has 1 aromatic heterocycles. The van der Waals surface area contributed by atoms with Crippen molar-refractivity contribution in [2.24, 2.45) is 5.41 Å². The third-order valence-electron chi connectivity index (χ3n) is 7.78. The number of nitrogens with one attached hydrogen (secondary N) is 2. The Bertz CT molecular complexity index is 1640. The van der Waals surface area contributed by atoms with Gasteiger partial charge in [0.2, 0.25) is 5.91 Å². The van der Waals surface area contributed by atoms with Gasteiger partial charge < -0.3 is 20.3 Å². The van der Waals surface area contributed by atoms with Gasteiger partial charge in [-0.05, 0) is 59.4 Å². The Hall–Kier alpha value is -4.92. The topological polar surface area (TPSA) is 101 Å². The predicted molar refractivity (Wildman–Crippen MR) is 162 cm³/mol. The summed E-state index contributed by atoms with van der Waals surface area (Å²) in [4.78, 5) is 33.6. The molecule has 1 aliphatic carbocycles. The van der Waals surface area contributed by atoms with Crippen molar-refractivity contribution in [3.8, 4) is 5.75 Å². The molecule has 9 nitrogen and oxygen atoms in total. The fourth-order valence-corrected chi connectivity index (χ4v) is 5.94. The molecule has 1 aliphatic heterocycles. The number of anilines is 3. The molecule has 0 spiro atoms. The predicted octanol–water partition coefficient (Wildman–Crippen LogP) is 5.59. The zero-order valence-electron chi connectivity index (χ0n) is 24.0. The maximum absolute atomic E-state index is 13.9. The number of amides is 1. The van der Waals surface area contributed by atoms with Gasteiger partial charge >= 0.3 is 0 Å². The van der Waals surface area contributed by atoms with E-state index in [1.807, 2.05) is 77.7 Å². The Morgan fingerprint density at radius 1 is 1.07 bits per heavy atom. The van der Waals surface area contributed by atoms with Crippen molar-refractivity contribution in [2.45, 2.75) is 39.3 Å². The van der Waals surface area contributed by atoms with Crippen molar-refractivity contribution in [2.75, 3.05) is 29.2 Å². The lowest BCUT2D eigenvalue weighted by Crippen LogP contribution is -2.40. The van der Waals surface area contributed by atoms with Gasteiger partial charge in [-0.15, -0.1) is 0 Å². The van der Waals surface area contributed by atoms with Gasteiger partial charge in [0.25, 0.3) is 0 Å². The van der Waals surface area contributed by atoms with Crippen LogP contribution in [-0.4, -0.2) is 40.1 Å². The molecule has 42 heavy (non-hydrogen) atoms. The van der Waals surface area contributed by atoms with Crippen molar-refractivity contribution in [3.63, 3.8) is 0 Å². The number of carbonyl (C=O) groups excluding carboxylic acids is 2. The average molecular weight is 563 g/mol. The Morgan fingerprint density at radius 2 is 1.88 bits per heavy atom. The first kappa shape index (κ1) is 27.3. The minimum absolute atomic E-state index is 0.0364. The van der Waals surface area contributed by atoms with Crippen LogP contribution in [0.15, 0.2) is 96.7 Å². The number of nitrogens with zero attached hydrogens (tertiary/aromatic N) is 4. The van der Waals surface area contributed by atoms with Crippen molar-refractivity contribution >= 4 is 28.8 Å². The monoisotopic (exact) mass is 562 g/mol. The van der Waals surface area contributed by atoms with E-state index in [-0.39, 0.29) is 23.7 Å². The van der Waals surface area contributed by atoms with Crippen LogP contribution < -0.4 is 20.3 Å². The summed E-state index contributed by atoms with van der Waals surface area (Å²) in [6, 6.07) is 22.9. The lowest BCUT2D eigenvalue weighted by molar-refractivity contribution is -0.119. The number of Topliss-reactive ketones (excluding diaryl/α,β-unsaturated/α-hetero) is 1. The number of fused-ring (bicyclic) bond motifs is 1. The molecule has 0 saturated carbocycles. The van der Waals surface area contributed by atoms with E-state index < -0.39 is 6.04 Å². The summed E-state index contributed by atoms with van der Waals surface area (Å²) in [5, 5.41) is 10.8. The van der Waals surface area contributed by atoms with Crippen molar-refractivity contribution < 1.29 is 14.3 Å². The molecule has 0 saturated heterocycles. The van der Waals surface area contributed by atoms with Crippen LogP contribution in [-0.2, 0) is 16.1 Å². The molecule has 0 radical (unpaired) electrons. The molecule has 1 unspecified atom stereocenters. The number of hydrogen-bond donors (Lipinski definition) is 2. The summed E-state index contributed by atoms with van der Waals surface area (Å²) >= 11 is 0. The fraction of sp³-hybridized carbons (Fsp3) is 0.273. The van der Waals surface area contributed by atoms with E-state index in [2.05, 4.69) is 34.6 Å². The number of methoxy groups -OCH3 is 1. The third kappa shape index (κ3) is 5.63. The summed E-state index contributed by atoms with van der Waals surface area (Å²) in [7, 11) is 1.63. The normalized spacial score (nSPS) is 17.5. The molecule has 0 bridgehead atoms. The standard InChI is InChI=1S/C33H34N6O3/c1-33(2)16-27-31(29(40)17-33)32(23-7-6-8-25(15-23)42-3)39(28-10-5-4-9-26(28)37-27)19-30(41)36-24-13-11-22(12-14-24)18-38-21-34-20-35-38/h4-15,20-21,32,37H,16-19H2,1-3H3,(H,36,41). The van der Waals surface area contributed by atoms with Gasteiger partial charge in [0.15, 0.2) is 5.78 Å². The van der Waals surface area contributed by atoms with Crippen molar-refractivity contribution in [1.29, 1.82) is 0 Å². The molecule has 4 aromatic rings. The number of benzene rings is 3. The molecule has 0 fully saturated rings. The maximum atomic E-state index is 13.9. The van der Waals surface area contributed by atoms with Crippen LogP contribution in [0.4, 0.5) is 17.1 Å². The van der Waals surface area contributed by atoms with Gasteiger partial charge in [-0.2, -0.15) is 5.10 Å². The largest absolute Gasteiger partial charge is 0.497 e. The number of ether oxygens (including phenoxy) is 1. The minimum atomic E-state index is -0.481. The second-order valence-corrected chi connectivity index (χ2v) is 11.6. The van der Waals surface area contributed by atoms with E-state index >= 15 is 0 Å². The van der Waals surface area contributed by atoms with E-state index in [1.54, 1.807) is 18.1 Å². The molecule has 2 aliphatic rings. The van der Waals surface area contributed by atoms with Crippen LogP contribution in [0, 0.1) is 5.41 Å². The van der Waals surface area contributed by atoms with Gasteiger partial charge in [0, 0.05) is 23.4 Å². The SMILES string of the molecule is COc1cccc(C2C3=C(CC(C)(C)CC3=O)Nc3ccccc3N2CC(=O)Nc2ccc(Cn3cncn3)cc2)c1. The maximum Gasteiger partial charge on any atom is 0.243 e. The first-order chi connectivity index (χ1) is 20.3. The number of para-hydroxylation sites is 2. The van der Waals surface area contributed by atoms with Gasteiger partial charge in [-0.1, -0.05) is 50.2 Å². The lowest BCUT2D eigenvalue weighted by atomic mass is 9.73. The van der Waals surface area contributed by atoms with Crippen LogP contribution in [0.2, 0.25) is 0 Å². The first-order valence-electron chi connectivity index (χ1n) is 14.0. The van der Waals surface area contributed by atoms with E-state index in [4.69, 9.17) is 4.74 Å². The van der Waals surface area contributed by atoms with E-state index in [0.717, 1.165) is 34.6 Å². The number of rotatable bonds is 7. The van der Waals surface area contributed by atoms with Crippen molar-refractivity contribution in [1.82, 2.24) is 14.8 Å². The van der Waals surface area contributed by atoms with Gasteiger partial charge in [0.1, 0.15) is 18.4 Å². The van der Waals surface area contributed by atoms with E-state index in [0.29, 0.717) is 30.0 Å². The van der Waals surface area contributed by atoms with Crippen LogP contribution in [0.3, 0.4) is 0 Å². The molecule has 2 N–H and O–H groups in total. The van der Waals surface area contributed by atoms with E-state index in [1.165, 1.54) is 6.33 Å². The molecule has 3 aromatic carbocycles. The van der Waals surface area contributed by atoms with Gasteiger partial charge in [0.05, 0.1) is 37.6 Å². The number of aromatic nitrogens is 3. The Balaban J connectivity index is 1.36. The molecule has 1 atom stereocenters. The van der Waals surface area contributed by atoms with Gasteiger partial charge in [-0.3, -0.25) is 9.59 Å². The highest BCUT2D eigenvalue weighted by Gasteiger charge is 2.42. The van der Waals surface area contributed by atoms with Crippen LogP contribution in [0.5, 0.6) is 5.75 Å². The molecule has 214 valence electrons. The number of ketones is 1. The summed E-state index contributed by atoms with van der Waals surface area (Å²) in [5.74, 6) is 0.594. The minimum Gasteiger partial charge on any atom is -0.497 e. The summed E-state index contributed by atoms with van der Waals surface area (Å²) < 4.78 is 7.30. The highest BCUT2D eigenvalue weighted by Crippen LogP contribution is 2.48. The molecular formula is C33H34N6O3. The smallest absolute Gasteiger partial charge is 0.243 e. The number of hydrogen-bond acceptors (Lipinski definition) is 7. The first-order valence-corrected chi connectivity index (χ1v) is 14.0. The molecule has 6 rings (SSSR count). The zero-order chi connectivity index (χ0) is 29.3. The zero-order valence-corrected chi connectivity index (χ0v) is 24.0. The second-order valence-electron chi connectivity index (χ2n) is 11.6. The Morgan fingerprint density at radius 3 is 2.64 bits per heavy atom. The summed E-state index contributed by atoms with van der Waals surface area (Å²) in [6.07, 6.45) is 4.33. The number of allylic oxidation sites excluding steroid dienone is 1. The van der Waals surface area contributed by atoms with Crippen molar-refractivity contribution in [3.05, 3.63) is 108 Å². The quantitative estimate of drug-likeness (QED) is 0.303. The average Bonchev–Trinajstić information content (AvgIpc) is 3.43. The van der Waals surface area contributed by atoms with Crippen LogP contribution in [0.1, 0.15) is 43.9 Å². The molecule has 1 amide bonds. The highest BCUT2D eigenvalue weighted by molar-refractivity contribution is 6.02. The lowest BCUT2D eigenvalue weighted by Gasteiger charge is -2.38. The summed E-state index contributed by atoms with van der Waals surface area (Å²) in [6.45, 7) is 4.87. The van der Waals surface area contributed by atoms with E-state index in [9.17, 15) is 9.59 Å².